The SMILES string of the molecule is CCCCCCCC/C=C\CCCCCCCC(=O)N1Cc2ccccc2[C@@H]1C(=O)O. The van der Waals surface area contributed by atoms with E-state index in [-0.39, 0.29) is 5.91 Å². The Bertz CT molecular complexity index is 697. The molecule has 172 valence electrons. The van der Waals surface area contributed by atoms with Crippen molar-refractivity contribution in [2.24, 2.45) is 0 Å². The van der Waals surface area contributed by atoms with Crippen molar-refractivity contribution < 1.29 is 14.7 Å². The molecule has 0 saturated carbocycles. The maximum absolute atomic E-state index is 12.6. The van der Waals surface area contributed by atoms with Gasteiger partial charge in [0.1, 0.15) is 0 Å². The van der Waals surface area contributed by atoms with Crippen molar-refractivity contribution >= 4 is 11.9 Å². The third kappa shape index (κ3) is 8.88. The molecule has 0 saturated heterocycles. The lowest BCUT2D eigenvalue weighted by atomic mass is 10.0. The molecule has 0 aromatic heterocycles. The number of allylic oxidation sites excluding steroid dienone is 2. The van der Waals surface area contributed by atoms with Gasteiger partial charge < -0.3 is 10.0 Å². The summed E-state index contributed by atoms with van der Waals surface area (Å²) in [7, 11) is 0. The van der Waals surface area contributed by atoms with Gasteiger partial charge in [-0.1, -0.05) is 94.7 Å². The minimum Gasteiger partial charge on any atom is -0.479 e. The number of carboxylic acids is 1. The Balaban J connectivity index is 1.50. The predicted molar refractivity (Wildman–Crippen MR) is 127 cm³/mol. The van der Waals surface area contributed by atoms with Crippen LogP contribution in [0.5, 0.6) is 0 Å². The van der Waals surface area contributed by atoms with Crippen LogP contribution in [0.3, 0.4) is 0 Å². The molecule has 0 spiro atoms. The van der Waals surface area contributed by atoms with Crippen molar-refractivity contribution in [1.29, 1.82) is 0 Å². The lowest BCUT2D eigenvalue weighted by molar-refractivity contribution is -0.150. The Morgan fingerprint density at radius 2 is 1.48 bits per heavy atom. The zero-order valence-electron chi connectivity index (χ0n) is 19.4. The second-order valence-corrected chi connectivity index (χ2v) is 8.80. The number of carbonyl (C=O) groups excluding carboxylic acids is 1. The molecule has 4 nitrogen and oxygen atoms in total. The van der Waals surface area contributed by atoms with Gasteiger partial charge in [0.2, 0.25) is 5.91 Å². The molecule has 1 aromatic carbocycles. The van der Waals surface area contributed by atoms with Crippen molar-refractivity contribution in [2.75, 3.05) is 0 Å². The summed E-state index contributed by atoms with van der Waals surface area (Å²) in [6.07, 6.45) is 21.0. The van der Waals surface area contributed by atoms with E-state index in [9.17, 15) is 14.7 Å². The van der Waals surface area contributed by atoms with E-state index in [0.717, 1.165) is 36.8 Å². The van der Waals surface area contributed by atoms with E-state index in [0.29, 0.717) is 13.0 Å². The van der Waals surface area contributed by atoms with Crippen LogP contribution >= 0.6 is 0 Å². The van der Waals surface area contributed by atoms with Gasteiger partial charge in [0.25, 0.3) is 0 Å². The molecular weight excluding hydrogens is 386 g/mol. The van der Waals surface area contributed by atoms with Crippen LogP contribution in [0.2, 0.25) is 0 Å². The quantitative estimate of drug-likeness (QED) is 0.224. The topological polar surface area (TPSA) is 57.6 Å². The van der Waals surface area contributed by atoms with E-state index in [1.807, 2.05) is 24.3 Å². The summed E-state index contributed by atoms with van der Waals surface area (Å²) in [6, 6.07) is 6.65. The van der Waals surface area contributed by atoms with E-state index in [4.69, 9.17) is 0 Å². The summed E-state index contributed by atoms with van der Waals surface area (Å²) in [5.41, 5.74) is 1.71. The fourth-order valence-electron chi connectivity index (χ4n) is 4.38. The first kappa shape index (κ1) is 25.2. The van der Waals surface area contributed by atoms with Gasteiger partial charge >= 0.3 is 5.97 Å². The summed E-state index contributed by atoms with van der Waals surface area (Å²) in [5, 5.41) is 9.58. The van der Waals surface area contributed by atoms with Crippen LogP contribution in [0.25, 0.3) is 0 Å². The zero-order chi connectivity index (χ0) is 22.3. The number of fused-ring (bicyclic) bond motifs is 1. The second-order valence-electron chi connectivity index (χ2n) is 8.80. The lowest BCUT2D eigenvalue weighted by Gasteiger charge is -2.22. The highest BCUT2D eigenvalue weighted by Gasteiger charge is 2.37. The molecule has 1 aliphatic rings. The highest BCUT2D eigenvalue weighted by Crippen LogP contribution is 2.34. The highest BCUT2D eigenvalue weighted by atomic mass is 16.4. The molecule has 1 atom stereocenters. The van der Waals surface area contributed by atoms with Gasteiger partial charge in [-0.25, -0.2) is 4.79 Å². The minimum atomic E-state index is -0.942. The van der Waals surface area contributed by atoms with Crippen LogP contribution in [-0.4, -0.2) is 21.9 Å². The van der Waals surface area contributed by atoms with E-state index in [1.165, 1.54) is 62.7 Å². The van der Waals surface area contributed by atoms with Gasteiger partial charge in [-0.05, 0) is 43.2 Å². The lowest BCUT2D eigenvalue weighted by Crippen LogP contribution is -2.33. The number of carboxylic acid groups (broad SMARTS) is 1. The number of unbranched alkanes of at least 4 members (excludes halogenated alkanes) is 11. The molecule has 4 heteroatoms. The fourth-order valence-corrected chi connectivity index (χ4v) is 4.38. The summed E-state index contributed by atoms with van der Waals surface area (Å²) < 4.78 is 0. The molecule has 1 aromatic rings. The van der Waals surface area contributed by atoms with E-state index >= 15 is 0 Å². The molecule has 1 N–H and O–H groups in total. The number of carbonyl (C=O) groups is 2. The Kier molecular flexibility index (Phi) is 12.0. The molecule has 0 fully saturated rings. The van der Waals surface area contributed by atoms with Gasteiger partial charge in [-0.2, -0.15) is 0 Å². The number of hydrogen-bond acceptors (Lipinski definition) is 2. The monoisotopic (exact) mass is 427 g/mol. The van der Waals surface area contributed by atoms with E-state index in [2.05, 4.69) is 19.1 Å². The largest absolute Gasteiger partial charge is 0.479 e. The third-order valence-corrected chi connectivity index (χ3v) is 6.21. The Labute approximate surface area is 188 Å². The van der Waals surface area contributed by atoms with Crippen LogP contribution in [0.15, 0.2) is 36.4 Å². The predicted octanol–water partition coefficient (Wildman–Crippen LogP) is 7.19. The number of nitrogens with zero attached hydrogens (tertiary/aromatic N) is 1. The van der Waals surface area contributed by atoms with Gasteiger partial charge in [-0.15, -0.1) is 0 Å². The Morgan fingerprint density at radius 1 is 0.903 bits per heavy atom. The molecule has 0 bridgehead atoms. The van der Waals surface area contributed by atoms with Crippen molar-refractivity contribution in [1.82, 2.24) is 4.90 Å². The third-order valence-electron chi connectivity index (χ3n) is 6.21. The average molecular weight is 428 g/mol. The molecule has 31 heavy (non-hydrogen) atoms. The van der Waals surface area contributed by atoms with Gasteiger partial charge in [0.15, 0.2) is 6.04 Å². The maximum atomic E-state index is 12.6. The smallest absolute Gasteiger partial charge is 0.331 e. The van der Waals surface area contributed by atoms with Crippen molar-refractivity contribution in [3.63, 3.8) is 0 Å². The normalized spacial score (nSPS) is 15.5. The first-order valence-electron chi connectivity index (χ1n) is 12.4. The molecule has 1 heterocycles. The van der Waals surface area contributed by atoms with Gasteiger partial charge in [0.05, 0.1) is 0 Å². The van der Waals surface area contributed by atoms with Crippen LogP contribution in [0.4, 0.5) is 0 Å². The first-order chi connectivity index (χ1) is 15.1. The summed E-state index contributed by atoms with van der Waals surface area (Å²) in [4.78, 5) is 25.8. The fraction of sp³-hybridized carbons (Fsp3) is 0.630. The Hall–Kier alpha value is -2.10. The molecular formula is C27H41NO3. The van der Waals surface area contributed by atoms with E-state index in [1.54, 1.807) is 0 Å². The number of benzene rings is 1. The standard InChI is InChI=1S/C27H41NO3/c1-2-3-4-5-6-7-8-9-10-11-12-13-14-15-16-21-25(29)28-22-23-19-17-18-20-24(23)26(28)27(30)31/h9-10,17-20,26H,2-8,11-16,21-22H2,1H3,(H,30,31)/b10-9-/t26-/m1/s1. The summed E-state index contributed by atoms with van der Waals surface area (Å²) in [6.45, 7) is 2.67. The maximum Gasteiger partial charge on any atom is 0.331 e. The molecule has 1 aliphatic heterocycles. The first-order valence-corrected chi connectivity index (χ1v) is 12.4. The number of hydrogen-bond donors (Lipinski definition) is 1. The molecule has 0 radical (unpaired) electrons. The number of amides is 1. The van der Waals surface area contributed by atoms with Crippen LogP contribution < -0.4 is 0 Å². The zero-order valence-corrected chi connectivity index (χ0v) is 19.4. The molecule has 0 unspecified atom stereocenters. The van der Waals surface area contributed by atoms with Gasteiger partial charge in [-0.3, -0.25) is 4.79 Å². The van der Waals surface area contributed by atoms with Crippen molar-refractivity contribution in [3.05, 3.63) is 47.5 Å². The Morgan fingerprint density at radius 3 is 2.13 bits per heavy atom. The average Bonchev–Trinajstić information content (AvgIpc) is 3.16. The second kappa shape index (κ2) is 14.8. The summed E-state index contributed by atoms with van der Waals surface area (Å²) in [5.74, 6) is -0.982. The van der Waals surface area contributed by atoms with Gasteiger partial charge in [0, 0.05) is 13.0 Å². The highest BCUT2D eigenvalue weighted by molar-refractivity contribution is 5.86. The van der Waals surface area contributed by atoms with Crippen LogP contribution in [0, 0.1) is 0 Å². The van der Waals surface area contributed by atoms with Crippen LogP contribution in [-0.2, 0) is 16.1 Å². The van der Waals surface area contributed by atoms with Crippen molar-refractivity contribution in [3.8, 4) is 0 Å². The number of aliphatic carboxylic acids is 1. The summed E-state index contributed by atoms with van der Waals surface area (Å²) >= 11 is 0. The van der Waals surface area contributed by atoms with Crippen LogP contribution in [0.1, 0.15) is 114 Å². The van der Waals surface area contributed by atoms with Crippen molar-refractivity contribution in [2.45, 2.75) is 109 Å². The minimum absolute atomic E-state index is 0.0405. The molecule has 1 amide bonds. The molecule has 2 rings (SSSR count). The van der Waals surface area contributed by atoms with E-state index < -0.39 is 12.0 Å². The molecule has 0 aliphatic carbocycles. The number of rotatable bonds is 16.